The van der Waals surface area contributed by atoms with E-state index < -0.39 is 0 Å². The predicted octanol–water partition coefficient (Wildman–Crippen LogP) is 4.24. The largest absolute Gasteiger partial charge is 0.376 e. The molecule has 0 aromatic heterocycles. The molecule has 0 radical (unpaired) electrons. The monoisotopic (exact) mass is 351 g/mol. The fourth-order valence-corrected chi connectivity index (χ4v) is 4.00. The minimum atomic E-state index is -0.127. The molecular weight excluding hydrogens is 325 g/mol. The van der Waals surface area contributed by atoms with Crippen LogP contribution in [0, 0.1) is 5.82 Å². The van der Waals surface area contributed by atoms with Crippen LogP contribution in [-0.2, 0) is 0 Å². The Kier molecular flexibility index (Phi) is 4.45. The van der Waals surface area contributed by atoms with E-state index in [1.54, 1.807) is 12.1 Å². The zero-order valence-electron chi connectivity index (χ0n) is 15.5. The Hall–Kier alpha value is -2.33. The number of piperazine rings is 1. The van der Waals surface area contributed by atoms with Crippen LogP contribution in [0.25, 0.3) is 5.57 Å². The lowest BCUT2D eigenvalue weighted by Gasteiger charge is -2.38. The highest BCUT2D eigenvalue weighted by Gasteiger charge is 2.26. The number of benzene rings is 2. The number of rotatable bonds is 3. The first kappa shape index (κ1) is 17.1. The van der Waals surface area contributed by atoms with Crippen molar-refractivity contribution in [2.45, 2.75) is 19.4 Å². The van der Waals surface area contributed by atoms with Crippen LogP contribution < -0.4 is 10.2 Å². The van der Waals surface area contributed by atoms with Gasteiger partial charge in [-0.2, -0.15) is 0 Å². The second-order valence-corrected chi connectivity index (χ2v) is 7.78. The maximum atomic E-state index is 14.0. The highest BCUT2D eigenvalue weighted by molar-refractivity contribution is 5.81. The van der Waals surface area contributed by atoms with Crippen molar-refractivity contribution >= 4 is 16.9 Å². The Morgan fingerprint density at radius 3 is 2.42 bits per heavy atom. The minimum absolute atomic E-state index is 0.0430. The molecule has 2 aliphatic heterocycles. The average molecular weight is 351 g/mol. The summed E-state index contributed by atoms with van der Waals surface area (Å²) in [4.78, 5) is 4.63. The summed E-state index contributed by atoms with van der Waals surface area (Å²) >= 11 is 0. The van der Waals surface area contributed by atoms with Crippen molar-refractivity contribution in [2.24, 2.45) is 0 Å². The first-order valence-electron chi connectivity index (χ1n) is 9.33. The highest BCUT2D eigenvalue weighted by Crippen LogP contribution is 2.34. The number of hydrogen-bond acceptors (Lipinski definition) is 3. The van der Waals surface area contributed by atoms with Crippen LogP contribution in [0.5, 0.6) is 0 Å². The van der Waals surface area contributed by atoms with E-state index in [1.165, 1.54) is 16.8 Å². The molecule has 2 heterocycles. The third-order valence-electron chi connectivity index (χ3n) is 5.22. The summed E-state index contributed by atoms with van der Waals surface area (Å²) in [5, 5.41) is 3.59. The molecule has 0 saturated carbocycles. The fourth-order valence-electron chi connectivity index (χ4n) is 4.00. The molecule has 0 unspecified atom stereocenters. The Morgan fingerprint density at radius 1 is 0.962 bits per heavy atom. The lowest BCUT2D eigenvalue weighted by Crippen LogP contribution is -2.47. The van der Waals surface area contributed by atoms with Gasteiger partial charge < -0.3 is 10.2 Å². The van der Waals surface area contributed by atoms with Crippen molar-refractivity contribution in [3.8, 4) is 0 Å². The third-order valence-corrected chi connectivity index (χ3v) is 5.22. The van der Waals surface area contributed by atoms with E-state index in [0.717, 1.165) is 38.4 Å². The second kappa shape index (κ2) is 6.76. The molecule has 26 heavy (non-hydrogen) atoms. The molecule has 0 atom stereocenters. The SMILES string of the molecule is CC1(C)C=C(CN2CCN(c3ccccc3F)CC2)c2ccccc2N1. The van der Waals surface area contributed by atoms with Gasteiger partial charge in [0.2, 0.25) is 0 Å². The van der Waals surface area contributed by atoms with E-state index in [9.17, 15) is 4.39 Å². The predicted molar refractivity (Wildman–Crippen MR) is 107 cm³/mol. The molecule has 3 nitrogen and oxygen atoms in total. The van der Waals surface area contributed by atoms with Crippen molar-refractivity contribution in [3.05, 3.63) is 66.0 Å². The molecule has 1 N–H and O–H groups in total. The lowest BCUT2D eigenvalue weighted by atomic mass is 9.90. The Labute approximate surface area is 155 Å². The normalized spacial score (nSPS) is 19.5. The number of hydrogen-bond donors (Lipinski definition) is 1. The number of fused-ring (bicyclic) bond motifs is 1. The van der Waals surface area contributed by atoms with Crippen LogP contribution in [-0.4, -0.2) is 43.2 Å². The quantitative estimate of drug-likeness (QED) is 0.892. The van der Waals surface area contributed by atoms with Crippen LogP contribution in [0.4, 0.5) is 15.8 Å². The number of nitrogens with one attached hydrogen (secondary N) is 1. The molecule has 4 heteroatoms. The van der Waals surface area contributed by atoms with Gasteiger partial charge in [-0.1, -0.05) is 36.4 Å². The molecule has 0 bridgehead atoms. The molecule has 136 valence electrons. The lowest BCUT2D eigenvalue weighted by molar-refractivity contribution is 0.286. The number of nitrogens with zero attached hydrogens (tertiary/aromatic N) is 2. The van der Waals surface area contributed by atoms with E-state index in [1.807, 2.05) is 12.1 Å². The van der Waals surface area contributed by atoms with E-state index in [2.05, 4.69) is 59.3 Å². The van der Waals surface area contributed by atoms with Gasteiger partial charge in [-0.25, -0.2) is 4.39 Å². The van der Waals surface area contributed by atoms with Crippen molar-refractivity contribution in [1.82, 2.24) is 4.90 Å². The zero-order chi connectivity index (χ0) is 18.1. The summed E-state index contributed by atoms with van der Waals surface area (Å²) in [6.07, 6.45) is 2.35. The summed E-state index contributed by atoms with van der Waals surface area (Å²) in [6, 6.07) is 15.6. The van der Waals surface area contributed by atoms with Gasteiger partial charge >= 0.3 is 0 Å². The van der Waals surface area contributed by atoms with Crippen LogP contribution in [0.1, 0.15) is 19.4 Å². The van der Waals surface area contributed by atoms with Gasteiger partial charge in [0.1, 0.15) is 5.82 Å². The molecule has 0 spiro atoms. The van der Waals surface area contributed by atoms with Gasteiger partial charge in [0.15, 0.2) is 0 Å². The van der Waals surface area contributed by atoms with Crippen molar-refractivity contribution in [1.29, 1.82) is 0 Å². The summed E-state index contributed by atoms with van der Waals surface area (Å²) in [7, 11) is 0. The smallest absolute Gasteiger partial charge is 0.146 e. The maximum absolute atomic E-state index is 14.0. The topological polar surface area (TPSA) is 18.5 Å². The summed E-state index contributed by atoms with van der Waals surface area (Å²) < 4.78 is 14.0. The van der Waals surface area contributed by atoms with E-state index in [4.69, 9.17) is 0 Å². The number of halogens is 1. The molecule has 1 fully saturated rings. The molecule has 0 aliphatic carbocycles. The summed E-state index contributed by atoms with van der Waals surface area (Å²) in [5.74, 6) is -0.127. The molecule has 2 aromatic rings. The van der Waals surface area contributed by atoms with Gasteiger partial charge in [0.05, 0.1) is 11.2 Å². The molecule has 0 amide bonds. The maximum Gasteiger partial charge on any atom is 0.146 e. The Bertz CT molecular complexity index is 820. The Balaban J connectivity index is 1.46. The van der Waals surface area contributed by atoms with E-state index in [0.29, 0.717) is 0 Å². The van der Waals surface area contributed by atoms with Gasteiger partial charge in [-0.3, -0.25) is 4.90 Å². The summed E-state index contributed by atoms with van der Waals surface area (Å²) in [6.45, 7) is 8.96. The highest BCUT2D eigenvalue weighted by atomic mass is 19.1. The number of anilines is 2. The first-order chi connectivity index (χ1) is 12.5. The van der Waals surface area contributed by atoms with Crippen molar-refractivity contribution in [2.75, 3.05) is 42.9 Å². The van der Waals surface area contributed by atoms with Gasteiger partial charge in [-0.05, 0) is 37.6 Å². The molecule has 1 saturated heterocycles. The van der Waals surface area contributed by atoms with Crippen molar-refractivity contribution < 1.29 is 4.39 Å². The second-order valence-electron chi connectivity index (χ2n) is 7.78. The third kappa shape index (κ3) is 3.47. The molecule has 4 rings (SSSR count). The first-order valence-corrected chi connectivity index (χ1v) is 9.33. The van der Waals surface area contributed by atoms with Gasteiger partial charge in [0, 0.05) is 44.0 Å². The van der Waals surface area contributed by atoms with Crippen LogP contribution in [0.3, 0.4) is 0 Å². The van der Waals surface area contributed by atoms with E-state index in [-0.39, 0.29) is 11.4 Å². The van der Waals surface area contributed by atoms with Crippen molar-refractivity contribution in [3.63, 3.8) is 0 Å². The molecular formula is C22H26FN3. The standard InChI is InChI=1S/C22H26FN3/c1-22(2)15-17(18-7-3-5-9-20(18)24-22)16-25-11-13-26(14-12-25)21-10-6-4-8-19(21)23/h3-10,15,24H,11-14,16H2,1-2H3. The van der Waals surface area contributed by atoms with E-state index >= 15 is 0 Å². The summed E-state index contributed by atoms with van der Waals surface area (Å²) in [5.41, 5.74) is 4.56. The Morgan fingerprint density at radius 2 is 1.65 bits per heavy atom. The van der Waals surface area contributed by atoms with Gasteiger partial charge in [-0.15, -0.1) is 0 Å². The molecule has 2 aliphatic rings. The zero-order valence-corrected chi connectivity index (χ0v) is 15.5. The number of para-hydroxylation sites is 2. The molecule has 2 aromatic carbocycles. The van der Waals surface area contributed by atoms with Crippen LogP contribution in [0.2, 0.25) is 0 Å². The minimum Gasteiger partial charge on any atom is -0.376 e. The van der Waals surface area contributed by atoms with Crippen LogP contribution >= 0.6 is 0 Å². The fraction of sp³-hybridized carbons (Fsp3) is 0.364. The van der Waals surface area contributed by atoms with Gasteiger partial charge in [0.25, 0.3) is 0 Å². The van der Waals surface area contributed by atoms with Crippen LogP contribution in [0.15, 0.2) is 54.6 Å². The average Bonchev–Trinajstić information content (AvgIpc) is 2.62.